The van der Waals surface area contributed by atoms with E-state index in [1.54, 1.807) is 0 Å². The Kier molecular flexibility index (Phi) is 5.80. The molecule has 1 aliphatic heterocycles. The van der Waals surface area contributed by atoms with Crippen molar-refractivity contribution in [3.05, 3.63) is 35.9 Å². The minimum absolute atomic E-state index is 0.168. The van der Waals surface area contributed by atoms with Crippen LogP contribution in [0.3, 0.4) is 0 Å². The maximum atomic E-state index is 9.12. The third-order valence-electron chi connectivity index (χ3n) is 4.57. The van der Waals surface area contributed by atoms with E-state index in [-0.39, 0.29) is 12.0 Å². The van der Waals surface area contributed by atoms with E-state index in [1.165, 1.54) is 5.56 Å². The Hall–Kier alpha value is -0.900. The van der Waals surface area contributed by atoms with Gasteiger partial charge in [-0.3, -0.25) is 4.90 Å². The molecule has 0 aliphatic carbocycles. The van der Waals surface area contributed by atoms with Crippen LogP contribution in [0.1, 0.15) is 32.8 Å². The first-order valence-electron chi connectivity index (χ1n) is 8.11. The Morgan fingerprint density at radius 3 is 2.62 bits per heavy atom. The van der Waals surface area contributed by atoms with Gasteiger partial charge >= 0.3 is 0 Å². The monoisotopic (exact) mass is 290 g/mol. The predicted molar refractivity (Wildman–Crippen MR) is 88.2 cm³/mol. The minimum atomic E-state index is 0.168. The SMILES string of the molecule is C[C@H]1CN(Cc2ccccc2)C[C@H]1NCC(C)(C)CCO. The molecule has 1 aliphatic rings. The van der Waals surface area contributed by atoms with Crippen LogP contribution in [0.15, 0.2) is 30.3 Å². The maximum absolute atomic E-state index is 9.12. The normalized spacial score (nSPS) is 23.6. The highest BCUT2D eigenvalue weighted by Gasteiger charge is 2.30. The summed E-state index contributed by atoms with van der Waals surface area (Å²) in [5.74, 6) is 0.679. The fraction of sp³-hybridized carbons (Fsp3) is 0.667. The zero-order valence-electron chi connectivity index (χ0n) is 13.7. The Labute approximate surface area is 129 Å². The van der Waals surface area contributed by atoms with Gasteiger partial charge in [0, 0.05) is 38.8 Å². The molecule has 1 saturated heterocycles. The van der Waals surface area contributed by atoms with Gasteiger partial charge in [0.25, 0.3) is 0 Å². The molecule has 0 spiro atoms. The Balaban J connectivity index is 1.81. The quantitative estimate of drug-likeness (QED) is 0.810. The molecule has 0 aromatic heterocycles. The number of aliphatic hydroxyl groups excluding tert-OH is 1. The molecule has 1 aromatic carbocycles. The number of hydrogen-bond acceptors (Lipinski definition) is 3. The van der Waals surface area contributed by atoms with Crippen LogP contribution in [0.5, 0.6) is 0 Å². The Morgan fingerprint density at radius 1 is 1.24 bits per heavy atom. The molecule has 1 heterocycles. The smallest absolute Gasteiger partial charge is 0.0436 e. The van der Waals surface area contributed by atoms with Gasteiger partial charge < -0.3 is 10.4 Å². The second-order valence-electron chi connectivity index (χ2n) is 7.28. The van der Waals surface area contributed by atoms with E-state index >= 15 is 0 Å². The summed E-state index contributed by atoms with van der Waals surface area (Å²) in [5, 5.41) is 12.8. The average Bonchev–Trinajstić information content (AvgIpc) is 2.78. The van der Waals surface area contributed by atoms with Gasteiger partial charge in [-0.25, -0.2) is 0 Å². The molecule has 0 radical (unpaired) electrons. The lowest BCUT2D eigenvalue weighted by molar-refractivity contribution is 0.200. The van der Waals surface area contributed by atoms with Gasteiger partial charge in [-0.1, -0.05) is 51.1 Å². The molecule has 2 rings (SSSR count). The van der Waals surface area contributed by atoms with Crippen LogP contribution >= 0.6 is 0 Å². The van der Waals surface area contributed by atoms with E-state index in [0.717, 1.165) is 32.6 Å². The van der Waals surface area contributed by atoms with E-state index in [4.69, 9.17) is 5.11 Å². The summed E-state index contributed by atoms with van der Waals surface area (Å²) in [5.41, 5.74) is 1.56. The Morgan fingerprint density at radius 2 is 1.95 bits per heavy atom. The number of nitrogens with one attached hydrogen (secondary N) is 1. The molecular weight excluding hydrogens is 260 g/mol. The molecule has 118 valence electrons. The highest BCUT2D eigenvalue weighted by Crippen LogP contribution is 2.22. The molecule has 0 amide bonds. The Bertz CT molecular complexity index is 418. The average molecular weight is 290 g/mol. The lowest BCUT2D eigenvalue weighted by Gasteiger charge is -2.27. The van der Waals surface area contributed by atoms with Gasteiger partial charge in [-0.2, -0.15) is 0 Å². The summed E-state index contributed by atoms with van der Waals surface area (Å²) in [6.45, 7) is 11.3. The fourth-order valence-corrected chi connectivity index (χ4v) is 3.10. The molecule has 1 aromatic rings. The van der Waals surface area contributed by atoms with Crippen molar-refractivity contribution >= 4 is 0 Å². The molecule has 0 bridgehead atoms. The molecule has 2 N–H and O–H groups in total. The first-order chi connectivity index (χ1) is 10.00. The van der Waals surface area contributed by atoms with Gasteiger partial charge in [-0.05, 0) is 23.3 Å². The van der Waals surface area contributed by atoms with Gasteiger partial charge in [0.15, 0.2) is 0 Å². The van der Waals surface area contributed by atoms with Crippen molar-refractivity contribution in [1.82, 2.24) is 10.2 Å². The maximum Gasteiger partial charge on any atom is 0.0436 e. The summed E-state index contributed by atoms with van der Waals surface area (Å²) in [7, 11) is 0. The third kappa shape index (κ3) is 5.10. The molecule has 2 atom stereocenters. The summed E-state index contributed by atoms with van der Waals surface area (Å²) in [4.78, 5) is 2.54. The largest absolute Gasteiger partial charge is 0.396 e. The third-order valence-corrected chi connectivity index (χ3v) is 4.57. The number of likely N-dealkylation sites (tertiary alicyclic amines) is 1. The standard InChI is InChI=1S/C18H30N2O/c1-15-11-20(12-16-7-5-4-6-8-16)13-17(15)19-14-18(2,3)9-10-21/h4-8,15,17,19,21H,9-14H2,1-3H3/t15-,17+/m0/s1. The van der Waals surface area contributed by atoms with Crippen molar-refractivity contribution in [2.75, 3.05) is 26.2 Å². The number of hydrogen-bond donors (Lipinski definition) is 2. The zero-order chi connectivity index (χ0) is 15.3. The first kappa shape index (κ1) is 16.5. The van der Waals surface area contributed by atoms with Crippen molar-refractivity contribution in [3.8, 4) is 0 Å². The molecule has 0 unspecified atom stereocenters. The zero-order valence-corrected chi connectivity index (χ0v) is 13.7. The van der Waals surface area contributed by atoms with Crippen molar-refractivity contribution in [2.24, 2.45) is 11.3 Å². The topological polar surface area (TPSA) is 35.5 Å². The summed E-state index contributed by atoms with van der Waals surface area (Å²) in [6, 6.07) is 11.3. The van der Waals surface area contributed by atoms with Crippen LogP contribution in [0.25, 0.3) is 0 Å². The van der Waals surface area contributed by atoms with E-state index < -0.39 is 0 Å². The van der Waals surface area contributed by atoms with Crippen LogP contribution in [0, 0.1) is 11.3 Å². The number of benzene rings is 1. The molecular formula is C18H30N2O. The van der Waals surface area contributed by atoms with Crippen molar-refractivity contribution in [2.45, 2.75) is 39.8 Å². The predicted octanol–water partition coefficient (Wildman–Crippen LogP) is 2.51. The molecule has 3 heteroatoms. The van der Waals surface area contributed by atoms with Crippen LogP contribution in [0.2, 0.25) is 0 Å². The molecule has 3 nitrogen and oxygen atoms in total. The first-order valence-corrected chi connectivity index (χ1v) is 8.11. The van der Waals surface area contributed by atoms with Crippen molar-refractivity contribution in [3.63, 3.8) is 0 Å². The van der Waals surface area contributed by atoms with E-state index in [0.29, 0.717) is 12.0 Å². The van der Waals surface area contributed by atoms with Crippen molar-refractivity contribution < 1.29 is 5.11 Å². The molecule has 0 saturated carbocycles. The van der Waals surface area contributed by atoms with Gasteiger partial charge in [0.1, 0.15) is 0 Å². The lowest BCUT2D eigenvalue weighted by atomic mass is 9.89. The van der Waals surface area contributed by atoms with Gasteiger partial charge in [0.05, 0.1) is 0 Å². The van der Waals surface area contributed by atoms with Gasteiger partial charge in [0.2, 0.25) is 0 Å². The highest BCUT2D eigenvalue weighted by molar-refractivity contribution is 5.14. The van der Waals surface area contributed by atoms with Crippen LogP contribution in [-0.4, -0.2) is 42.3 Å². The number of nitrogens with zero attached hydrogens (tertiary/aromatic N) is 1. The second kappa shape index (κ2) is 7.39. The van der Waals surface area contributed by atoms with E-state index in [1.807, 2.05) is 0 Å². The summed E-state index contributed by atoms with van der Waals surface area (Å²) >= 11 is 0. The van der Waals surface area contributed by atoms with Gasteiger partial charge in [-0.15, -0.1) is 0 Å². The lowest BCUT2D eigenvalue weighted by Crippen LogP contribution is -2.41. The number of rotatable bonds is 7. The van der Waals surface area contributed by atoms with Crippen LogP contribution in [0.4, 0.5) is 0 Å². The fourth-order valence-electron chi connectivity index (χ4n) is 3.10. The summed E-state index contributed by atoms with van der Waals surface area (Å²) in [6.07, 6.45) is 0.856. The summed E-state index contributed by atoms with van der Waals surface area (Å²) < 4.78 is 0. The van der Waals surface area contributed by atoms with Crippen molar-refractivity contribution in [1.29, 1.82) is 0 Å². The minimum Gasteiger partial charge on any atom is -0.396 e. The van der Waals surface area contributed by atoms with E-state index in [2.05, 4.69) is 61.3 Å². The van der Waals surface area contributed by atoms with E-state index in [9.17, 15) is 0 Å². The highest BCUT2D eigenvalue weighted by atomic mass is 16.3. The van der Waals surface area contributed by atoms with Crippen LogP contribution in [-0.2, 0) is 6.54 Å². The van der Waals surface area contributed by atoms with Crippen LogP contribution < -0.4 is 5.32 Å². The molecule has 1 fully saturated rings. The second-order valence-corrected chi connectivity index (χ2v) is 7.28. The number of aliphatic hydroxyl groups is 1. The molecule has 21 heavy (non-hydrogen) atoms.